The van der Waals surface area contributed by atoms with E-state index in [-0.39, 0.29) is 0 Å². The highest BCUT2D eigenvalue weighted by Gasteiger charge is 2.24. The second-order valence-electron chi connectivity index (χ2n) is 13.4. The van der Waals surface area contributed by atoms with Crippen molar-refractivity contribution in [3.63, 3.8) is 0 Å². The van der Waals surface area contributed by atoms with Gasteiger partial charge in [0.15, 0.2) is 0 Å². The average molecular weight is 667 g/mol. The van der Waals surface area contributed by atoms with E-state index in [1.807, 2.05) is 11.8 Å². The Labute approximate surface area is 299 Å². The second-order valence-corrected chi connectivity index (χ2v) is 14.5. The summed E-state index contributed by atoms with van der Waals surface area (Å²) in [5, 5.41) is 5.10. The predicted molar refractivity (Wildman–Crippen MR) is 216 cm³/mol. The minimum atomic E-state index is 1.15. The molecule has 1 aliphatic heterocycles. The van der Waals surface area contributed by atoms with E-state index in [0.29, 0.717) is 0 Å². The molecule has 11 rings (SSSR count). The van der Waals surface area contributed by atoms with Crippen molar-refractivity contribution < 1.29 is 0 Å². The molecule has 51 heavy (non-hydrogen) atoms. The molecule has 0 N–H and O–H groups in total. The molecule has 0 unspecified atom stereocenters. The first-order valence-corrected chi connectivity index (χ1v) is 18.2. The maximum absolute atomic E-state index is 2.45. The van der Waals surface area contributed by atoms with Crippen LogP contribution in [0.25, 0.3) is 88.4 Å². The molecule has 0 saturated heterocycles. The monoisotopic (exact) mass is 666 g/mol. The van der Waals surface area contributed by atoms with Crippen LogP contribution in [0.4, 0.5) is 0 Å². The summed E-state index contributed by atoms with van der Waals surface area (Å²) in [5.41, 5.74) is 14.7. The van der Waals surface area contributed by atoms with Crippen LogP contribution in [0.3, 0.4) is 0 Å². The summed E-state index contributed by atoms with van der Waals surface area (Å²) >= 11 is 1.88. The zero-order valence-corrected chi connectivity index (χ0v) is 28.4. The first-order valence-electron chi connectivity index (χ1n) is 17.4. The van der Waals surface area contributed by atoms with E-state index in [1.54, 1.807) is 0 Å². The van der Waals surface area contributed by atoms with Crippen LogP contribution in [0.2, 0.25) is 0 Å². The Morgan fingerprint density at radius 1 is 0.314 bits per heavy atom. The molecule has 3 heterocycles. The fraction of sp³-hybridized carbons (Fsp3) is 0. The van der Waals surface area contributed by atoms with Gasteiger partial charge in [-0.1, -0.05) is 127 Å². The Bertz CT molecular complexity index is 2870. The van der Waals surface area contributed by atoms with Crippen molar-refractivity contribution in [2.45, 2.75) is 9.79 Å². The van der Waals surface area contributed by atoms with Crippen LogP contribution < -0.4 is 0 Å². The van der Waals surface area contributed by atoms with E-state index in [1.165, 1.54) is 92.5 Å². The van der Waals surface area contributed by atoms with Gasteiger partial charge < -0.3 is 9.13 Å². The van der Waals surface area contributed by atoms with Crippen molar-refractivity contribution in [3.8, 4) is 44.8 Å². The molecule has 8 aromatic carbocycles. The molecule has 2 nitrogen and oxygen atoms in total. The smallest absolute Gasteiger partial charge is 0.0681 e. The van der Waals surface area contributed by atoms with Gasteiger partial charge in [0.25, 0.3) is 0 Å². The zero-order valence-electron chi connectivity index (χ0n) is 27.6. The lowest BCUT2D eigenvalue weighted by molar-refractivity contribution is 1.09. The van der Waals surface area contributed by atoms with Gasteiger partial charge in [0.05, 0.1) is 27.8 Å². The molecular formula is C48H30N2S. The minimum absolute atomic E-state index is 1.15. The summed E-state index contributed by atoms with van der Waals surface area (Å²) in [6, 6.07) is 66.7. The number of hydrogen-bond acceptors (Lipinski definition) is 1. The summed E-state index contributed by atoms with van der Waals surface area (Å²) in [5.74, 6) is 0. The van der Waals surface area contributed by atoms with Crippen molar-refractivity contribution in [1.82, 2.24) is 9.13 Å². The first kappa shape index (κ1) is 28.5. The number of rotatable bonds is 4. The van der Waals surface area contributed by atoms with Crippen LogP contribution in [0.1, 0.15) is 0 Å². The highest BCUT2D eigenvalue weighted by Crippen LogP contribution is 2.48. The Hall–Kier alpha value is -6.29. The Morgan fingerprint density at radius 3 is 1.53 bits per heavy atom. The van der Waals surface area contributed by atoms with Gasteiger partial charge >= 0.3 is 0 Å². The zero-order chi connectivity index (χ0) is 33.5. The van der Waals surface area contributed by atoms with E-state index in [2.05, 4.69) is 191 Å². The van der Waals surface area contributed by atoms with Gasteiger partial charge in [-0.3, -0.25) is 0 Å². The molecule has 0 saturated carbocycles. The Morgan fingerprint density at radius 2 is 0.843 bits per heavy atom. The summed E-state index contributed by atoms with van der Waals surface area (Å²) < 4.78 is 4.87. The van der Waals surface area contributed by atoms with Crippen molar-refractivity contribution >= 4 is 55.4 Å². The number of fused-ring (bicyclic) bond motifs is 8. The van der Waals surface area contributed by atoms with Gasteiger partial charge in [0.2, 0.25) is 0 Å². The predicted octanol–water partition coefficient (Wildman–Crippen LogP) is 13.3. The van der Waals surface area contributed by atoms with E-state index < -0.39 is 0 Å². The Kier molecular flexibility index (Phi) is 6.22. The van der Waals surface area contributed by atoms with E-state index in [0.717, 1.165) is 5.69 Å². The lowest BCUT2D eigenvalue weighted by Crippen LogP contribution is -2.01. The SMILES string of the molecule is c1ccc(-c2ccc3c(c2)c2cc(-c4ccccc4)ccc2n3-c2ccc(-c3cc4c5c(c3)c3ccccc3n5-c3ccccc3S4)cc2)cc1. The Balaban J connectivity index is 1.07. The molecule has 1 aliphatic rings. The minimum Gasteiger partial charge on any atom is -0.309 e. The largest absolute Gasteiger partial charge is 0.309 e. The third kappa shape index (κ3) is 4.38. The van der Waals surface area contributed by atoms with Crippen molar-refractivity contribution in [2.24, 2.45) is 0 Å². The molecule has 0 radical (unpaired) electrons. The van der Waals surface area contributed by atoms with Gasteiger partial charge in [0.1, 0.15) is 0 Å². The van der Waals surface area contributed by atoms with E-state index in [4.69, 9.17) is 0 Å². The molecule has 0 atom stereocenters. The van der Waals surface area contributed by atoms with Crippen molar-refractivity contribution in [3.05, 3.63) is 182 Å². The molecule has 2 aromatic heterocycles. The summed E-state index contributed by atoms with van der Waals surface area (Å²) in [6.45, 7) is 0. The molecule has 0 bridgehead atoms. The number of benzene rings is 8. The van der Waals surface area contributed by atoms with E-state index in [9.17, 15) is 0 Å². The van der Waals surface area contributed by atoms with Crippen LogP contribution in [0, 0.1) is 0 Å². The molecule has 3 heteroatoms. The highest BCUT2D eigenvalue weighted by molar-refractivity contribution is 7.99. The van der Waals surface area contributed by atoms with Gasteiger partial charge in [-0.2, -0.15) is 0 Å². The lowest BCUT2D eigenvalue weighted by atomic mass is 10.0. The van der Waals surface area contributed by atoms with Gasteiger partial charge in [-0.25, -0.2) is 0 Å². The fourth-order valence-electron chi connectivity index (χ4n) is 8.13. The van der Waals surface area contributed by atoms with E-state index >= 15 is 0 Å². The molecular weight excluding hydrogens is 637 g/mol. The standard InChI is InChI=1S/C48H30N2S/c1-3-11-31(12-4-1)34-21-25-43-39(27-34)40-28-35(32-13-5-2-6-14-32)22-26-44(40)49(43)37-23-19-33(20-24-37)36-29-41-38-15-7-8-16-42(38)50-45-17-9-10-18-46(45)51-47(30-36)48(41)50/h1-30H. The van der Waals surface area contributed by atoms with Crippen LogP contribution in [0.5, 0.6) is 0 Å². The third-order valence-corrected chi connectivity index (χ3v) is 11.6. The summed E-state index contributed by atoms with van der Waals surface area (Å²) in [6.07, 6.45) is 0. The fourth-order valence-corrected chi connectivity index (χ4v) is 9.26. The summed E-state index contributed by atoms with van der Waals surface area (Å²) in [7, 11) is 0. The van der Waals surface area contributed by atoms with Gasteiger partial charge in [-0.05, 0) is 100 Å². The molecule has 0 spiro atoms. The molecule has 0 amide bonds. The maximum Gasteiger partial charge on any atom is 0.0681 e. The topological polar surface area (TPSA) is 9.86 Å². The molecule has 0 aliphatic carbocycles. The summed E-state index contributed by atoms with van der Waals surface area (Å²) in [4.78, 5) is 2.59. The number of aromatic nitrogens is 2. The van der Waals surface area contributed by atoms with Crippen LogP contribution in [-0.4, -0.2) is 9.13 Å². The van der Waals surface area contributed by atoms with Crippen molar-refractivity contribution in [2.75, 3.05) is 0 Å². The molecule has 238 valence electrons. The number of hydrogen-bond donors (Lipinski definition) is 0. The average Bonchev–Trinajstić information content (AvgIpc) is 3.72. The molecule has 0 fully saturated rings. The number of para-hydroxylation sites is 2. The third-order valence-electron chi connectivity index (χ3n) is 10.5. The highest BCUT2D eigenvalue weighted by atomic mass is 32.2. The van der Waals surface area contributed by atoms with Crippen LogP contribution >= 0.6 is 11.8 Å². The van der Waals surface area contributed by atoms with Gasteiger partial charge in [-0.15, -0.1) is 0 Å². The van der Waals surface area contributed by atoms with Crippen LogP contribution in [-0.2, 0) is 0 Å². The molecule has 10 aromatic rings. The number of nitrogens with zero attached hydrogens (tertiary/aromatic N) is 2. The maximum atomic E-state index is 2.45. The quantitative estimate of drug-likeness (QED) is 0.182. The normalized spacial score (nSPS) is 12.2. The second kappa shape index (κ2) is 11.1. The van der Waals surface area contributed by atoms with Crippen LogP contribution in [0.15, 0.2) is 192 Å². The lowest BCUT2D eigenvalue weighted by Gasteiger charge is -2.20. The van der Waals surface area contributed by atoms with Gasteiger partial charge in [0, 0.05) is 37.0 Å². The first-order chi connectivity index (χ1) is 25.3. The van der Waals surface area contributed by atoms with Crippen molar-refractivity contribution in [1.29, 1.82) is 0 Å².